The molecule has 0 unspecified atom stereocenters. The fraction of sp³-hybridized carbons (Fsp3) is 0.368. The molecule has 2 rings (SSSR count). The molecule has 0 aliphatic carbocycles. The Bertz CT molecular complexity index is 662. The first kappa shape index (κ1) is 18.7. The second-order valence-corrected chi connectivity index (χ2v) is 5.46. The van der Waals surface area contributed by atoms with E-state index in [0.717, 1.165) is 18.5 Å². The molecule has 1 aromatic heterocycles. The molecule has 0 atom stereocenters. The van der Waals surface area contributed by atoms with Crippen molar-refractivity contribution in [2.75, 3.05) is 26.7 Å². The average Bonchev–Trinajstić information content (AvgIpc) is 2.65. The standard InChI is InChI=1S/C19H25N3O3/c1-3-24-18-12-16(19(23)22-11-5-9-20-2)7-8-17(18)25-14-15-6-4-10-21-13-15/h4,6-8,10,12-13,20H,3,5,9,11,14H2,1-2H3,(H,22,23). The largest absolute Gasteiger partial charge is 0.490 e. The first-order chi connectivity index (χ1) is 12.2. The van der Waals surface area contributed by atoms with Crippen LogP contribution in [-0.4, -0.2) is 37.6 Å². The van der Waals surface area contributed by atoms with Crippen molar-refractivity contribution in [2.45, 2.75) is 20.0 Å². The van der Waals surface area contributed by atoms with Gasteiger partial charge in [-0.25, -0.2) is 0 Å². The third kappa shape index (κ3) is 6.08. The van der Waals surface area contributed by atoms with Gasteiger partial charge in [-0.3, -0.25) is 9.78 Å². The lowest BCUT2D eigenvalue weighted by Crippen LogP contribution is -2.26. The number of benzene rings is 1. The van der Waals surface area contributed by atoms with Crippen molar-refractivity contribution in [2.24, 2.45) is 0 Å². The quantitative estimate of drug-likeness (QED) is 0.648. The molecule has 2 N–H and O–H groups in total. The zero-order chi connectivity index (χ0) is 17.9. The van der Waals surface area contributed by atoms with Crippen LogP contribution in [-0.2, 0) is 6.61 Å². The minimum Gasteiger partial charge on any atom is -0.490 e. The first-order valence-corrected chi connectivity index (χ1v) is 8.46. The summed E-state index contributed by atoms with van der Waals surface area (Å²) in [5.74, 6) is 1.06. The van der Waals surface area contributed by atoms with E-state index in [1.807, 2.05) is 26.1 Å². The van der Waals surface area contributed by atoms with Crippen LogP contribution in [0.2, 0.25) is 0 Å². The number of aromatic nitrogens is 1. The minimum absolute atomic E-state index is 0.115. The van der Waals surface area contributed by atoms with Gasteiger partial charge in [0.2, 0.25) is 0 Å². The van der Waals surface area contributed by atoms with Gasteiger partial charge in [0.1, 0.15) is 6.61 Å². The van der Waals surface area contributed by atoms with Crippen molar-refractivity contribution >= 4 is 5.91 Å². The molecule has 0 aliphatic rings. The number of pyridine rings is 1. The fourth-order valence-corrected chi connectivity index (χ4v) is 2.25. The van der Waals surface area contributed by atoms with Gasteiger partial charge in [-0.15, -0.1) is 0 Å². The summed E-state index contributed by atoms with van der Waals surface area (Å²) in [6.45, 7) is 4.28. The van der Waals surface area contributed by atoms with Gasteiger partial charge in [-0.1, -0.05) is 6.07 Å². The molecule has 0 radical (unpaired) electrons. The molecule has 134 valence electrons. The Hall–Kier alpha value is -2.60. The highest BCUT2D eigenvalue weighted by molar-refractivity contribution is 5.94. The van der Waals surface area contributed by atoms with E-state index in [1.165, 1.54) is 0 Å². The molecule has 1 aromatic carbocycles. The Morgan fingerprint density at radius 2 is 2.04 bits per heavy atom. The predicted molar refractivity (Wildman–Crippen MR) is 97.1 cm³/mol. The SMILES string of the molecule is CCOc1cc(C(=O)NCCCNC)ccc1OCc1cccnc1. The van der Waals surface area contributed by atoms with Gasteiger partial charge in [0, 0.05) is 30.1 Å². The van der Waals surface area contributed by atoms with Gasteiger partial charge in [-0.2, -0.15) is 0 Å². The highest BCUT2D eigenvalue weighted by Crippen LogP contribution is 2.29. The van der Waals surface area contributed by atoms with E-state index in [1.54, 1.807) is 30.6 Å². The zero-order valence-corrected chi connectivity index (χ0v) is 14.7. The van der Waals surface area contributed by atoms with E-state index >= 15 is 0 Å². The summed E-state index contributed by atoms with van der Waals surface area (Å²) < 4.78 is 11.4. The summed E-state index contributed by atoms with van der Waals surface area (Å²) in [5, 5.41) is 5.95. The molecule has 2 aromatic rings. The predicted octanol–water partition coefficient (Wildman–Crippen LogP) is 2.40. The van der Waals surface area contributed by atoms with Crippen molar-refractivity contribution < 1.29 is 14.3 Å². The summed E-state index contributed by atoms with van der Waals surface area (Å²) in [6.07, 6.45) is 4.36. The van der Waals surface area contributed by atoms with Gasteiger partial charge >= 0.3 is 0 Å². The Morgan fingerprint density at radius 3 is 2.76 bits per heavy atom. The van der Waals surface area contributed by atoms with Crippen LogP contribution in [0.3, 0.4) is 0 Å². The van der Waals surface area contributed by atoms with E-state index in [0.29, 0.717) is 36.8 Å². The van der Waals surface area contributed by atoms with E-state index in [4.69, 9.17) is 9.47 Å². The molecule has 0 aliphatic heterocycles. The van der Waals surface area contributed by atoms with Crippen LogP contribution in [0.1, 0.15) is 29.3 Å². The normalized spacial score (nSPS) is 10.3. The average molecular weight is 343 g/mol. The monoisotopic (exact) mass is 343 g/mol. The smallest absolute Gasteiger partial charge is 0.251 e. The van der Waals surface area contributed by atoms with Crippen LogP contribution < -0.4 is 20.1 Å². The maximum atomic E-state index is 12.2. The number of amides is 1. The third-order valence-corrected chi connectivity index (χ3v) is 3.51. The van der Waals surface area contributed by atoms with Gasteiger partial charge in [0.25, 0.3) is 5.91 Å². The van der Waals surface area contributed by atoms with Crippen LogP contribution in [0.4, 0.5) is 0 Å². The Kier molecular flexibility index (Phi) is 7.72. The van der Waals surface area contributed by atoms with Crippen LogP contribution >= 0.6 is 0 Å². The highest BCUT2D eigenvalue weighted by atomic mass is 16.5. The van der Waals surface area contributed by atoms with E-state index in [9.17, 15) is 4.79 Å². The summed E-state index contributed by atoms with van der Waals surface area (Å²) in [7, 11) is 1.89. The minimum atomic E-state index is -0.115. The Balaban J connectivity index is 2.02. The number of carbonyl (C=O) groups is 1. The first-order valence-electron chi connectivity index (χ1n) is 8.46. The van der Waals surface area contributed by atoms with Gasteiger partial charge in [0.15, 0.2) is 11.5 Å². The van der Waals surface area contributed by atoms with Crippen molar-refractivity contribution in [3.63, 3.8) is 0 Å². The molecule has 6 heteroatoms. The molecule has 1 amide bonds. The lowest BCUT2D eigenvalue weighted by atomic mass is 10.2. The molecular weight excluding hydrogens is 318 g/mol. The van der Waals surface area contributed by atoms with Gasteiger partial charge < -0.3 is 20.1 Å². The zero-order valence-electron chi connectivity index (χ0n) is 14.7. The number of ether oxygens (including phenoxy) is 2. The van der Waals surface area contributed by atoms with Crippen molar-refractivity contribution in [3.05, 3.63) is 53.9 Å². The summed E-state index contributed by atoms with van der Waals surface area (Å²) in [4.78, 5) is 16.3. The molecule has 0 bridgehead atoms. The fourth-order valence-electron chi connectivity index (χ4n) is 2.25. The van der Waals surface area contributed by atoms with Gasteiger partial charge in [-0.05, 0) is 51.2 Å². The topological polar surface area (TPSA) is 72.5 Å². The third-order valence-electron chi connectivity index (χ3n) is 3.51. The highest BCUT2D eigenvalue weighted by Gasteiger charge is 2.11. The summed E-state index contributed by atoms with van der Waals surface area (Å²) in [6, 6.07) is 9.04. The summed E-state index contributed by atoms with van der Waals surface area (Å²) >= 11 is 0. The Labute approximate surface area is 148 Å². The number of nitrogens with one attached hydrogen (secondary N) is 2. The van der Waals surface area contributed by atoms with Gasteiger partial charge in [0.05, 0.1) is 6.61 Å². The molecule has 0 fully saturated rings. The maximum Gasteiger partial charge on any atom is 0.251 e. The number of hydrogen-bond donors (Lipinski definition) is 2. The van der Waals surface area contributed by atoms with E-state index < -0.39 is 0 Å². The van der Waals surface area contributed by atoms with E-state index in [-0.39, 0.29) is 5.91 Å². The number of carbonyl (C=O) groups excluding carboxylic acids is 1. The Morgan fingerprint density at radius 1 is 1.16 bits per heavy atom. The molecular formula is C19H25N3O3. The van der Waals surface area contributed by atoms with Crippen LogP contribution in [0.15, 0.2) is 42.7 Å². The molecule has 0 saturated carbocycles. The lowest BCUT2D eigenvalue weighted by molar-refractivity contribution is 0.0952. The van der Waals surface area contributed by atoms with Crippen LogP contribution in [0.25, 0.3) is 0 Å². The summed E-state index contributed by atoms with van der Waals surface area (Å²) in [5.41, 5.74) is 1.53. The molecule has 1 heterocycles. The second kappa shape index (κ2) is 10.3. The number of rotatable bonds is 10. The van der Waals surface area contributed by atoms with Crippen molar-refractivity contribution in [3.8, 4) is 11.5 Å². The van der Waals surface area contributed by atoms with Crippen LogP contribution in [0, 0.1) is 0 Å². The van der Waals surface area contributed by atoms with Crippen molar-refractivity contribution in [1.29, 1.82) is 0 Å². The maximum absolute atomic E-state index is 12.2. The van der Waals surface area contributed by atoms with Crippen LogP contribution in [0.5, 0.6) is 11.5 Å². The second-order valence-electron chi connectivity index (χ2n) is 5.46. The lowest BCUT2D eigenvalue weighted by Gasteiger charge is -2.13. The number of hydrogen-bond acceptors (Lipinski definition) is 5. The molecule has 0 spiro atoms. The molecule has 6 nitrogen and oxygen atoms in total. The molecule has 0 saturated heterocycles. The van der Waals surface area contributed by atoms with E-state index in [2.05, 4.69) is 15.6 Å². The molecule has 25 heavy (non-hydrogen) atoms. The number of nitrogens with zero attached hydrogens (tertiary/aromatic N) is 1. The van der Waals surface area contributed by atoms with Crippen molar-refractivity contribution in [1.82, 2.24) is 15.6 Å².